The van der Waals surface area contributed by atoms with Crippen molar-refractivity contribution in [2.24, 2.45) is 0 Å². The van der Waals surface area contributed by atoms with Gasteiger partial charge in [-0.05, 0) is 13.8 Å². The third-order valence-corrected chi connectivity index (χ3v) is 2.88. The standard InChI is InChI=1S/C9H14O5/c1-9(2)13-6-5(10)4-3-11-8(12-4)7(6)14-9/h4-8,10H,3H2,1-2H3/t4-,5-,6+,7?,8-/m1/s1. The van der Waals surface area contributed by atoms with Crippen LogP contribution in [0.1, 0.15) is 13.8 Å². The van der Waals surface area contributed by atoms with E-state index < -0.39 is 11.9 Å². The molecule has 3 heterocycles. The number of rotatable bonds is 0. The summed E-state index contributed by atoms with van der Waals surface area (Å²) in [5.41, 5.74) is 0. The first-order chi connectivity index (χ1) is 6.57. The van der Waals surface area contributed by atoms with E-state index in [1.807, 2.05) is 13.8 Å². The minimum absolute atomic E-state index is 0.265. The van der Waals surface area contributed by atoms with Gasteiger partial charge in [0.05, 0.1) is 6.61 Å². The number of aliphatic hydroxyl groups is 1. The van der Waals surface area contributed by atoms with E-state index in [1.54, 1.807) is 0 Å². The number of hydrogen-bond acceptors (Lipinski definition) is 5. The maximum Gasteiger partial charge on any atom is 0.187 e. The Morgan fingerprint density at radius 1 is 1.21 bits per heavy atom. The van der Waals surface area contributed by atoms with E-state index in [0.717, 1.165) is 0 Å². The summed E-state index contributed by atoms with van der Waals surface area (Å²) in [6, 6.07) is 0. The molecule has 3 saturated heterocycles. The van der Waals surface area contributed by atoms with Crippen LogP contribution in [0.25, 0.3) is 0 Å². The topological polar surface area (TPSA) is 57.2 Å². The summed E-state index contributed by atoms with van der Waals surface area (Å²) in [6.07, 6.45) is -1.93. The van der Waals surface area contributed by atoms with Crippen molar-refractivity contribution in [3.63, 3.8) is 0 Å². The molecular weight excluding hydrogens is 188 g/mol. The molecule has 14 heavy (non-hydrogen) atoms. The van der Waals surface area contributed by atoms with Crippen molar-refractivity contribution in [3.8, 4) is 0 Å². The predicted octanol–water partition coefficient (Wildman–Crippen LogP) is -0.378. The van der Waals surface area contributed by atoms with Gasteiger partial charge in [-0.3, -0.25) is 0 Å². The molecule has 0 aliphatic carbocycles. The summed E-state index contributed by atoms with van der Waals surface area (Å²) < 4.78 is 22.0. The van der Waals surface area contributed by atoms with Gasteiger partial charge in [-0.25, -0.2) is 0 Å². The molecule has 3 aliphatic rings. The fraction of sp³-hybridized carbons (Fsp3) is 1.00. The Balaban J connectivity index is 1.88. The molecule has 5 heteroatoms. The quantitative estimate of drug-likeness (QED) is 0.580. The molecule has 3 fully saturated rings. The molecule has 0 spiro atoms. The first-order valence-corrected chi connectivity index (χ1v) is 4.88. The second-order valence-corrected chi connectivity index (χ2v) is 4.43. The van der Waals surface area contributed by atoms with Crippen molar-refractivity contribution in [3.05, 3.63) is 0 Å². The lowest BCUT2D eigenvalue weighted by atomic mass is 10.0. The number of fused-ring (bicyclic) bond motifs is 4. The fourth-order valence-electron chi connectivity index (χ4n) is 2.30. The van der Waals surface area contributed by atoms with Crippen molar-refractivity contribution >= 4 is 0 Å². The van der Waals surface area contributed by atoms with Gasteiger partial charge in [-0.15, -0.1) is 0 Å². The normalized spacial score (nSPS) is 54.6. The molecule has 0 saturated carbocycles. The van der Waals surface area contributed by atoms with Crippen LogP contribution in [0.5, 0.6) is 0 Å². The maximum absolute atomic E-state index is 9.89. The highest BCUT2D eigenvalue weighted by Crippen LogP contribution is 2.40. The molecule has 0 aromatic heterocycles. The van der Waals surface area contributed by atoms with Gasteiger partial charge in [0.1, 0.15) is 24.4 Å². The molecule has 0 aromatic carbocycles. The third kappa shape index (κ3) is 1.14. The Hall–Kier alpha value is -0.200. The van der Waals surface area contributed by atoms with Gasteiger partial charge < -0.3 is 24.1 Å². The fourth-order valence-corrected chi connectivity index (χ4v) is 2.30. The van der Waals surface area contributed by atoms with Crippen LogP contribution in [-0.2, 0) is 18.9 Å². The summed E-state index contributed by atoms with van der Waals surface area (Å²) in [7, 11) is 0. The highest BCUT2D eigenvalue weighted by molar-refractivity contribution is 4.98. The average molecular weight is 202 g/mol. The molecule has 80 valence electrons. The molecule has 0 radical (unpaired) electrons. The van der Waals surface area contributed by atoms with Crippen LogP contribution >= 0.6 is 0 Å². The predicted molar refractivity (Wildman–Crippen MR) is 44.4 cm³/mol. The Kier molecular flexibility index (Phi) is 1.73. The van der Waals surface area contributed by atoms with Crippen LogP contribution in [0.3, 0.4) is 0 Å². The van der Waals surface area contributed by atoms with E-state index >= 15 is 0 Å². The third-order valence-electron chi connectivity index (χ3n) is 2.88. The van der Waals surface area contributed by atoms with Crippen LogP contribution in [-0.4, -0.2) is 48.2 Å². The van der Waals surface area contributed by atoms with E-state index in [-0.39, 0.29) is 24.6 Å². The molecule has 3 rings (SSSR count). The zero-order chi connectivity index (χ0) is 9.92. The Bertz CT molecular complexity index is 246. The Morgan fingerprint density at radius 3 is 2.71 bits per heavy atom. The molecule has 2 bridgehead atoms. The lowest BCUT2D eigenvalue weighted by Gasteiger charge is -2.31. The van der Waals surface area contributed by atoms with Crippen molar-refractivity contribution < 1.29 is 24.1 Å². The summed E-state index contributed by atoms with van der Waals surface area (Å²) in [5, 5.41) is 9.89. The highest BCUT2D eigenvalue weighted by Gasteiger charge is 2.58. The molecule has 1 unspecified atom stereocenters. The summed E-state index contributed by atoms with van der Waals surface area (Å²) in [5.74, 6) is -0.659. The second-order valence-electron chi connectivity index (χ2n) is 4.43. The second kappa shape index (κ2) is 2.68. The molecular formula is C9H14O5. The molecule has 3 aliphatic heterocycles. The molecule has 1 N–H and O–H groups in total. The van der Waals surface area contributed by atoms with Crippen LogP contribution in [0, 0.1) is 0 Å². The number of hydrogen-bond donors (Lipinski definition) is 1. The van der Waals surface area contributed by atoms with Crippen molar-refractivity contribution in [1.82, 2.24) is 0 Å². The van der Waals surface area contributed by atoms with Gasteiger partial charge in [0, 0.05) is 0 Å². The summed E-state index contributed by atoms with van der Waals surface area (Å²) in [4.78, 5) is 0. The number of aliphatic hydroxyl groups excluding tert-OH is 1. The molecule has 5 atom stereocenters. The van der Waals surface area contributed by atoms with Crippen LogP contribution in [0.4, 0.5) is 0 Å². The van der Waals surface area contributed by atoms with Crippen molar-refractivity contribution in [2.45, 2.75) is 50.3 Å². The monoisotopic (exact) mass is 202 g/mol. The van der Waals surface area contributed by atoms with Crippen molar-refractivity contribution in [2.75, 3.05) is 6.61 Å². The van der Waals surface area contributed by atoms with Gasteiger partial charge >= 0.3 is 0 Å². The van der Waals surface area contributed by atoms with E-state index in [9.17, 15) is 5.11 Å². The largest absolute Gasteiger partial charge is 0.387 e. The SMILES string of the molecule is CC1(C)OC2[C@@H]3OC[C@@H](O3)[C@@H](O)[C@@H]2O1. The lowest BCUT2D eigenvalue weighted by molar-refractivity contribution is -0.198. The first-order valence-electron chi connectivity index (χ1n) is 4.88. The van der Waals surface area contributed by atoms with Crippen LogP contribution < -0.4 is 0 Å². The minimum atomic E-state index is -0.659. The molecule has 0 amide bonds. The van der Waals surface area contributed by atoms with Crippen molar-refractivity contribution in [1.29, 1.82) is 0 Å². The first kappa shape index (κ1) is 9.06. The van der Waals surface area contributed by atoms with Gasteiger partial charge in [0.2, 0.25) is 0 Å². The van der Waals surface area contributed by atoms with E-state index in [1.165, 1.54) is 0 Å². The zero-order valence-electron chi connectivity index (χ0n) is 8.17. The van der Waals surface area contributed by atoms with E-state index in [2.05, 4.69) is 0 Å². The molecule has 0 aromatic rings. The Morgan fingerprint density at radius 2 is 1.93 bits per heavy atom. The molecule has 5 nitrogen and oxygen atoms in total. The minimum Gasteiger partial charge on any atom is -0.387 e. The highest BCUT2D eigenvalue weighted by atomic mass is 16.8. The lowest BCUT2D eigenvalue weighted by Crippen LogP contribution is -2.52. The van der Waals surface area contributed by atoms with Gasteiger partial charge in [-0.2, -0.15) is 0 Å². The maximum atomic E-state index is 9.89. The van der Waals surface area contributed by atoms with Crippen LogP contribution in [0.2, 0.25) is 0 Å². The van der Waals surface area contributed by atoms with Gasteiger partial charge in [-0.1, -0.05) is 0 Å². The van der Waals surface area contributed by atoms with Gasteiger partial charge in [0.15, 0.2) is 12.1 Å². The van der Waals surface area contributed by atoms with E-state index in [4.69, 9.17) is 18.9 Å². The number of ether oxygens (including phenoxy) is 4. The zero-order valence-corrected chi connectivity index (χ0v) is 8.17. The summed E-state index contributed by atoms with van der Waals surface area (Å²) >= 11 is 0. The van der Waals surface area contributed by atoms with Gasteiger partial charge in [0.25, 0.3) is 0 Å². The average Bonchev–Trinajstić information content (AvgIpc) is 2.64. The van der Waals surface area contributed by atoms with Crippen LogP contribution in [0.15, 0.2) is 0 Å². The Labute approximate surface area is 81.9 Å². The smallest absolute Gasteiger partial charge is 0.187 e. The van der Waals surface area contributed by atoms with E-state index in [0.29, 0.717) is 6.61 Å². The summed E-state index contributed by atoms with van der Waals surface area (Å²) in [6.45, 7) is 4.07.